The minimum atomic E-state index is -0.327. The monoisotopic (exact) mass is 449 g/mol. The third kappa shape index (κ3) is 4.50. The van der Waals surface area contributed by atoms with E-state index < -0.39 is 0 Å². The molecule has 7 nitrogen and oxygen atoms in total. The molecular formula is C24H23N3O4S. The van der Waals surface area contributed by atoms with Crippen molar-refractivity contribution in [1.82, 2.24) is 9.97 Å². The Kier molecular flexibility index (Phi) is 6.23. The maximum atomic E-state index is 12.6. The lowest BCUT2D eigenvalue weighted by Crippen LogP contribution is -2.18. The van der Waals surface area contributed by atoms with Crippen LogP contribution in [-0.4, -0.2) is 30.1 Å². The highest BCUT2D eigenvalue weighted by Gasteiger charge is 2.17. The second-order valence-electron chi connectivity index (χ2n) is 7.21. The SMILES string of the molecule is COc1cc2nccc(Oc3ccc(C(C)C(=O)Nc4nc(C)cs4)cc3)c2cc1OC. The van der Waals surface area contributed by atoms with Gasteiger partial charge in [-0.15, -0.1) is 11.3 Å². The molecule has 1 amide bonds. The van der Waals surface area contributed by atoms with Gasteiger partial charge in [0.2, 0.25) is 5.91 Å². The number of aromatic nitrogens is 2. The van der Waals surface area contributed by atoms with Crippen LogP contribution in [0.5, 0.6) is 23.0 Å². The molecule has 1 N–H and O–H groups in total. The van der Waals surface area contributed by atoms with Gasteiger partial charge < -0.3 is 19.5 Å². The molecule has 164 valence electrons. The molecule has 4 aromatic rings. The number of anilines is 1. The zero-order valence-corrected chi connectivity index (χ0v) is 19.0. The number of thiazole rings is 1. The number of ether oxygens (including phenoxy) is 3. The van der Waals surface area contributed by atoms with E-state index in [1.54, 1.807) is 26.5 Å². The van der Waals surface area contributed by atoms with Gasteiger partial charge in [-0.25, -0.2) is 4.98 Å². The maximum absolute atomic E-state index is 12.6. The Labute approximate surface area is 190 Å². The molecule has 0 radical (unpaired) electrons. The third-order valence-corrected chi connectivity index (χ3v) is 5.93. The molecule has 0 aliphatic heterocycles. The number of methoxy groups -OCH3 is 2. The molecule has 0 saturated heterocycles. The fraction of sp³-hybridized carbons (Fsp3) is 0.208. The Bertz CT molecular complexity index is 1250. The number of carbonyl (C=O) groups excluding carboxylic acids is 1. The van der Waals surface area contributed by atoms with Crippen molar-refractivity contribution in [2.45, 2.75) is 19.8 Å². The number of benzene rings is 2. The van der Waals surface area contributed by atoms with E-state index in [1.807, 2.05) is 55.6 Å². The van der Waals surface area contributed by atoms with Gasteiger partial charge in [0.25, 0.3) is 0 Å². The molecule has 0 saturated carbocycles. The summed E-state index contributed by atoms with van der Waals surface area (Å²) in [7, 11) is 3.18. The maximum Gasteiger partial charge on any atom is 0.233 e. The first kappa shape index (κ1) is 21.6. The summed E-state index contributed by atoms with van der Waals surface area (Å²) in [5, 5.41) is 6.18. The van der Waals surface area contributed by atoms with Crippen molar-refractivity contribution in [3.63, 3.8) is 0 Å². The molecule has 0 fully saturated rings. The highest BCUT2D eigenvalue weighted by Crippen LogP contribution is 2.37. The average Bonchev–Trinajstić information content (AvgIpc) is 3.22. The van der Waals surface area contributed by atoms with Gasteiger partial charge in [-0.2, -0.15) is 0 Å². The van der Waals surface area contributed by atoms with Crippen molar-refractivity contribution in [3.8, 4) is 23.0 Å². The lowest BCUT2D eigenvalue weighted by Gasteiger charge is -2.14. The van der Waals surface area contributed by atoms with Crippen LogP contribution in [0, 0.1) is 6.92 Å². The minimum Gasteiger partial charge on any atom is -0.493 e. The minimum absolute atomic E-state index is 0.103. The van der Waals surface area contributed by atoms with Crippen molar-refractivity contribution in [2.75, 3.05) is 19.5 Å². The van der Waals surface area contributed by atoms with E-state index in [-0.39, 0.29) is 11.8 Å². The van der Waals surface area contributed by atoms with Gasteiger partial charge in [0.15, 0.2) is 16.6 Å². The van der Waals surface area contributed by atoms with Gasteiger partial charge in [-0.1, -0.05) is 12.1 Å². The van der Waals surface area contributed by atoms with Gasteiger partial charge >= 0.3 is 0 Å². The molecule has 1 atom stereocenters. The summed E-state index contributed by atoms with van der Waals surface area (Å²) in [5.41, 5.74) is 2.51. The predicted octanol–water partition coefficient (Wildman–Crippen LogP) is 5.55. The molecule has 2 aromatic carbocycles. The van der Waals surface area contributed by atoms with Crippen molar-refractivity contribution in [3.05, 3.63) is 65.3 Å². The Morgan fingerprint density at radius 3 is 2.41 bits per heavy atom. The predicted molar refractivity (Wildman–Crippen MR) is 125 cm³/mol. The van der Waals surface area contributed by atoms with Crippen LogP contribution >= 0.6 is 11.3 Å². The van der Waals surface area contributed by atoms with Crippen LogP contribution in [0.2, 0.25) is 0 Å². The number of hydrogen-bond acceptors (Lipinski definition) is 7. The fourth-order valence-corrected chi connectivity index (χ4v) is 3.96. The zero-order valence-electron chi connectivity index (χ0n) is 18.2. The van der Waals surface area contributed by atoms with Gasteiger partial charge in [-0.05, 0) is 43.7 Å². The van der Waals surface area contributed by atoms with Crippen molar-refractivity contribution in [2.24, 2.45) is 0 Å². The van der Waals surface area contributed by atoms with Crippen molar-refractivity contribution < 1.29 is 19.0 Å². The first-order chi connectivity index (χ1) is 15.5. The smallest absolute Gasteiger partial charge is 0.233 e. The van der Waals surface area contributed by atoms with Gasteiger partial charge in [-0.3, -0.25) is 9.78 Å². The standard InChI is InChI=1S/C24H23N3O4S/c1-14-13-32-24(26-14)27-23(28)15(2)16-5-7-17(8-6-16)31-20-9-10-25-19-12-22(30-4)21(29-3)11-18(19)20/h5-13,15H,1-4H3,(H,26,27,28). The molecule has 2 aromatic heterocycles. The van der Waals surface area contributed by atoms with E-state index in [9.17, 15) is 4.79 Å². The second-order valence-corrected chi connectivity index (χ2v) is 8.07. The number of pyridine rings is 1. The van der Waals surface area contributed by atoms with Gasteiger partial charge in [0.05, 0.1) is 31.3 Å². The number of carbonyl (C=O) groups is 1. The van der Waals surface area contributed by atoms with Crippen LogP contribution < -0.4 is 19.5 Å². The van der Waals surface area contributed by atoms with Crippen molar-refractivity contribution in [1.29, 1.82) is 0 Å². The van der Waals surface area contributed by atoms with Crippen LogP contribution in [0.25, 0.3) is 10.9 Å². The normalized spacial score (nSPS) is 11.8. The van der Waals surface area contributed by atoms with E-state index in [0.717, 1.165) is 22.2 Å². The van der Waals surface area contributed by atoms with E-state index >= 15 is 0 Å². The number of rotatable bonds is 7. The lowest BCUT2D eigenvalue weighted by atomic mass is 10.0. The highest BCUT2D eigenvalue weighted by atomic mass is 32.1. The summed E-state index contributed by atoms with van der Waals surface area (Å²) in [6, 6.07) is 12.9. The number of nitrogens with zero attached hydrogens (tertiary/aromatic N) is 2. The number of fused-ring (bicyclic) bond motifs is 1. The molecule has 8 heteroatoms. The van der Waals surface area contributed by atoms with E-state index in [4.69, 9.17) is 14.2 Å². The van der Waals surface area contributed by atoms with Crippen LogP contribution in [0.4, 0.5) is 5.13 Å². The van der Waals surface area contributed by atoms with Crippen LogP contribution in [0.1, 0.15) is 24.1 Å². The summed E-state index contributed by atoms with van der Waals surface area (Å²) < 4.78 is 16.9. The lowest BCUT2D eigenvalue weighted by molar-refractivity contribution is -0.117. The first-order valence-electron chi connectivity index (χ1n) is 10.00. The number of nitrogens with one attached hydrogen (secondary N) is 1. The van der Waals surface area contributed by atoms with E-state index in [0.29, 0.717) is 28.1 Å². The van der Waals surface area contributed by atoms with Gasteiger partial charge in [0, 0.05) is 23.0 Å². The molecule has 4 rings (SSSR count). The van der Waals surface area contributed by atoms with E-state index in [2.05, 4.69) is 15.3 Å². The number of amides is 1. The van der Waals surface area contributed by atoms with Crippen LogP contribution in [-0.2, 0) is 4.79 Å². The average molecular weight is 450 g/mol. The summed E-state index contributed by atoms with van der Waals surface area (Å²) >= 11 is 1.41. The Morgan fingerprint density at radius 1 is 1.03 bits per heavy atom. The topological polar surface area (TPSA) is 82.6 Å². The molecule has 0 bridgehead atoms. The molecular weight excluding hydrogens is 426 g/mol. The Hall–Kier alpha value is -3.65. The quantitative estimate of drug-likeness (QED) is 0.398. The first-order valence-corrected chi connectivity index (χ1v) is 10.9. The number of hydrogen-bond donors (Lipinski definition) is 1. The molecule has 0 spiro atoms. The van der Waals surface area contributed by atoms with Crippen molar-refractivity contribution >= 4 is 33.3 Å². The van der Waals surface area contributed by atoms with E-state index in [1.165, 1.54) is 11.3 Å². The van der Waals surface area contributed by atoms with Crippen LogP contribution in [0.3, 0.4) is 0 Å². The van der Waals surface area contributed by atoms with Crippen LogP contribution in [0.15, 0.2) is 54.0 Å². The summed E-state index contributed by atoms with van der Waals surface area (Å²) in [6.45, 7) is 3.76. The molecule has 0 aliphatic rings. The number of aryl methyl sites for hydroxylation is 1. The van der Waals surface area contributed by atoms with Gasteiger partial charge in [0.1, 0.15) is 11.5 Å². The largest absolute Gasteiger partial charge is 0.493 e. The second kappa shape index (κ2) is 9.23. The third-order valence-electron chi connectivity index (χ3n) is 5.06. The molecule has 32 heavy (non-hydrogen) atoms. The molecule has 0 aliphatic carbocycles. The fourth-order valence-electron chi connectivity index (χ4n) is 3.26. The zero-order chi connectivity index (χ0) is 22.7. The summed E-state index contributed by atoms with van der Waals surface area (Å²) in [5.74, 6) is 2.08. The summed E-state index contributed by atoms with van der Waals surface area (Å²) in [4.78, 5) is 21.2. The molecule has 2 heterocycles. The Morgan fingerprint density at radius 2 is 1.75 bits per heavy atom. The highest BCUT2D eigenvalue weighted by molar-refractivity contribution is 7.13. The molecule has 1 unspecified atom stereocenters. The summed E-state index contributed by atoms with van der Waals surface area (Å²) in [6.07, 6.45) is 1.69. The Balaban J connectivity index is 1.52.